The van der Waals surface area contributed by atoms with Crippen LogP contribution in [0.3, 0.4) is 0 Å². The molecule has 0 radical (unpaired) electrons. The molecule has 0 spiro atoms. The molecule has 29 nitrogen and oxygen atoms in total. The van der Waals surface area contributed by atoms with E-state index in [0.29, 0.717) is 51.4 Å². The standard InChI is InChI=1S/C61H109N13O16/c1-10-12-13-14-15-16-17-28-47(78)66-43(33-35(3)4)54(82)72-50(40(9)77)60(88)74-32-23-27-46(74)57(85)71-49(39(8)76)58(86)64-37(6)51(79)67-41(24-18-20-29-62)52(80)65-38(7)59(87)73-31-22-26-45(73)56(84)69-44(34-75)55(83)68-42(25-19-21-30-63)53(81)70-48(61(89)90)36(5)11-2/h35-46,48-50,75-77H,10-34,62-63H2,1-9H3,(H,64,86)(H,65,80)(H,66,78)(H,67,79)(H,68,83)(H,69,84)(H,70,81)(H,71,85)(H,72,82)(H,89,90)/t36-,37-,38-,39+,40+,41-,42-,43-,44-,45-,46-,48-,49-,50-/m0/s1. The first-order valence-electron chi connectivity index (χ1n) is 32.5. The number of carbonyl (C=O) groups excluding carboxylic acids is 11. The fourth-order valence-corrected chi connectivity index (χ4v) is 10.8. The number of aliphatic carboxylic acids is 1. The fraction of sp³-hybridized carbons (Fsp3) is 0.803. The van der Waals surface area contributed by atoms with Crippen LogP contribution >= 0.6 is 0 Å². The van der Waals surface area contributed by atoms with Gasteiger partial charge in [-0.05, 0) is 130 Å². The van der Waals surface area contributed by atoms with Crippen molar-refractivity contribution in [1.29, 1.82) is 0 Å². The molecule has 90 heavy (non-hydrogen) atoms. The summed E-state index contributed by atoms with van der Waals surface area (Å²) in [4.78, 5) is 165. The Morgan fingerprint density at radius 1 is 0.478 bits per heavy atom. The van der Waals surface area contributed by atoms with E-state index in [4.69, 9.17) is 11.5 Å². The summed E-state index contributed by atoms with van der Waals surface area (Å²) in [6.45, 7) is 14.2. The van der Waals surface area contributed by atoms with Gasteiger partial charge in [0.15, 0.2) is 0 Å². The zero-order valence-electron chi connectivity index (χ0n) is 54.6. The highest BCUT2D eigenvalue weighted by atomic mass is 16.4. The van der Waals surface area contributed by atoms with Gasteiger partial charge in [-0.2, -0.15) is 0 Å². The van der Waals surface area contributed by atoms with Gasteiger partial charge in [-0.3, -0.25) is 52.7 Å². The van der Waals surface area contributed by atoms with Gasteiger partial charge in [-0.25, -0.2) is 4.79 Å². The average Bonchev–Trinajstić information content (AvgIpc) is 4.39. The van der Waals surface area contributed by atoms with E-state index in [0.717, 1.165) is 38.5 Å². The molecule has 0 saturated carbocycles. The molecule has 11 amide bonds. The Morgan fingerprint density at radius 3 is 1.44 bits per heavy atom. The number of aliphatic hydroxyl groups excluding tert-OH is 3. The molecule has 29 heteroatoms. The van der Waals surface area contributed by atoms with Gasteiger partial charge in [0.25, 0.3) is 0 Å². The van der Waals surface area contributed by atoms with Crippen LogP contribution in [0.5, 0.6) is 0 Å². The summed E-state index contributed by atoms with van der Waals surface area (Å²) in [6.07, 6.45) is 7.63. The average molecular weight is 1280 g/mol. The maximum Gasteiger partial charge on any atom is 0.326 e. The molecular weight excluding hydrogens is 1170 g/mol. The summed E-state index contributed by atoms with van der Waals surface area (Å²) in [6, 6.07) is -14.6. The topological polar surface area (TPSA) is 453 Å². The smallest absolute Gasteiger partial charge is 0.326 e. The first-order chi connectivity index (χ1) is 42.6. The first kappa shape index (κ1) is 79.5. The van der Waals surface area contributed by atoms with Gasteiger partial charge < -0.3 is 89.5 Å². The summed E-state index contributed by atoms with van der Waals surface area (Å²) >= 11 is 0. The predicted octanol–water partition coefficient (Wildman–Crippen LogP) is -1.30. The SMILES string of the molecule is CCCCCCCCCC(=O)N[C@@H](CC(C)C)C(=O)N[C@H](C(=O)N1CCC[C@H]1C(=O)N[C@H](C(=O)N[C@@H](C)C(=O)N[C@@H](CCCCN)C(=O)N[C@@H](C)C(=O)N1CCC[C@H]1C(=O)N[C@@H](CO)C(=O)N[C@@H](CCCCN)C(=O)N[C@H](C(=O)O)[C@@H](C)CC)[C@@H](C)O)[C@@H](C)O. The quantitative estimate of drug-likeness (QED) is 0.0316. The van der Waals surface area contributed by atoms with E-state index in [1.54, 1.807) is 13.8 Å². The molecule has 2 rings (SSSR count). The van der Waals surface area contributed by atoms with E-state index in [1.165, 1.54) is 37.5 Å². The zero-order valence-corrected chi connectivity index (χ0v) is 54.6. The van der Waals surface area contributed by atoms with E-state index in [-0.39, 0.29) is 76.5 Å². The maximum absolute atomic E-state index is 14.1. The Hall–Kier alpha value is -6.56. The summed E-state index contributed by atoms with van der Waals surface area (Å²) in [5, 5.41) is 64.5. The molecule has 14 atom stereocenters. The monoisotopic (exact) mass is 1280 g/mol. The molecule has 2 aliphatic rings. The van der Waals surface area contributed by atoms with Crippen molar-refractivity contribution in [3.05, 3.63) is 0 Å². The number of aliphatic hydroxyl groups is 3. The minimum Gasteiger partial charge on any atom is -0.480 e. The zero-order chi connectivity index (χ0) is 67.8. The number of carboxylic acids is 1. The van der Waals surface area contributed by atoms with Crippen molar-refractivity contribution in [2.24, 2.45) is 23.3 Å². The van der Waals surface area contributed by atoms with Crippen molar-refractivity contribution < 1.29 is 78.0 Å². The Balaban J connectivity index is 2.15. The van der Waals surface area contributed by atoms with Gasteiger partial charge in [-0.15, -0.1) is 0 Å². The summed E-state index contributed by atoms with van der Waals surface area (Å²) in [5.74, 6) is -10.3. The molecule has 2 saturated heterocycles. The second-order valence-corrected chi connectivity index (χ2v) is 24.6. The lowest BCUT2D eigenvalue weighted by Gasteiger charge is -2.32. The second-order valence-electron chi connectivity index (χ2n) is 24.6. The number of nitrogens with zero attached hydrogens (tertiary/aromatic N) is 2. The van der Waals surface area contributed by atoms with Gasteiger partial charge in [-0.1, -0.05) is 79.6 Å². The third-order valence-electron chi connectivity index (χ3n) is 16.4. The molecule has 0 aliphatic carbocycles. The molecule has 2 heterocycles. The van der Waals surface area contributed by atoms with Crippen LogP contribution in [0.4, 0.5) is 0 Å². The molecule has 2 fully saturated rings. The van der Waals surface area contributed by atoms with Crippen LogP contribution in [0.1, 0.15) is 191 Å². The molecule has 17 N–H and O–H groups in total. The highest BCUT2D eigenvalue weighted by Crippen LogP contribution is 2.22. The van der Waals surface area contributed by atoms with Crippen LogP contribution in [-0.4, -0.2) is 213 Å². The number of carbonyl (C=O) groups is 12. The lowest BCUT2D eigenvalue weighted by molar-refractivity contribution is -0.145. The van der Waals surface area contributed by atoms with E-state index >= 15 is 0 Å². The van der Waals surface area contributed by atoms with Crippen LogP contribution < -0.4 is 59.3 Å². The number of nitrogens with two attached hydrogens (primary N) is 2. The molecule has 0 aromatic heterocycles. The van der Waals surface area contributed by atoms with Gasteiger partial charge >= 0.3 is 5.97 Å². The van der Waals surface area contributed by atoms with Gasteiger partial charge in [0.05, 0.1) is 18.8 Å². The summed E-state index contributed by atoms with van der Waals surface area (Å²) < 4.78 is 0. The third kappa shape index (κ3) is 26.7. The number of unbranched alkanes of at least 4 members (excludes halogenated alkanes) is 8. The molecule has 0 unspecified atom stereocenters. The predicted molar refractivity (Wildman–Crippen MR) is 334 cm³/mol. The van der Waals surface area contributed by atoms with Crippen molar-refractivity contribution >= 4 is 70.9 Å². The van der Waals surface area contributed by atoms with Crippen LogP contribution in [0.2, 0.25) is 0 Å². The minimum absolute atomic E-state index is 0.0280. The van der Waals surface area contributed by atoms with Gasteiger partial charge in [0.1, 0.15) is 66.5 Å². The molecular formula is C61H109N13O16. The number of nitrogens with one attached hydrogen (secondary N) is 9. The van der Waals surface area contributed by atoms with E-state index in [9.17, 15) is 78.0 Å². The van der Waals surface area contributed by atoms with Crippen molar-refractivity contribution in [2.45, 2.75) is 269 Å². The fourth-order valence-electron chi connectivity index (χ4n) is 10.8. The van der Waals surface area contributed by atoms with Crippen LogP contribution in [-0.2, 0) is 57.5 Å². The largest absolute Gasteiger partial charge is 0.480 e. The number of amides is 11. The number of hydrogen-bond acceptors (Lipinski definition) is 17. The summed E-state index contributed by atoms with van der Waals surface area (Å²) in [5.41, 5.74) is 11.4. The van der Waals surface area contributed by atoms with E-state index in [2.05, 4.69) is 54.8 Å². The Morgan fingerprint density at radius 2 is 0.944 bits per heavy atom. The molecule has 514 valence electrons. The maximum atomic E-state index is 14.1. The van der Waals surface area contributed by atoms with Gasteiger partial charge in [0, 0.05) is 19.5 Å². The Bertz CT molecular complexity index is 2350. The van der Waals surface area contributed by atoms with E-state index in [1.807, 2.05) is 13.8 Å². The highest BCUT2D eigenvalue weighted by Gasteiger charge is 2.43. The number of likely N-dealkylation sites (tertiary alicyclic amines) is 2. The van der Waals surface area contributed by atoms with Crippen molar-refractivity contribution in [3.8, 4) is 0 Å². The second kappa shape index (κ2) is 41.8. The van der Waals surface area contributed by atoms with Crippen molar-refractivity contribution in [1.82, 2.24) is 57.7 Å². The number of hydrogen-bond donors (Lipinski definition) is 15. The van der Waals surface area contributed by atoms with Crippen molar-refractivity contribution in [3.63, 3.8) is 0 Å². The van der Waals surface area contributed by atoms with Crippen LogP contribution in [0, 0.1) is 11.8 Å². The summed E-state index contributed by atoms with van der Waals surface area (Å²) in [7, 11) is 0. The van der Waals surface area contributed by atoms with Crippen LogP contribution in [0.15, 0.2) is 0 Å². The molecule has 0 aromatic carbocycles. The van der Waals surface area contributed by atoms with Gasteiger partial charge in [0.2, 0.25) is 65.0 Å². The normalized spacial score (nSPS) is 18.8. The molecule has 0 bridgehead atoms. The number of rotatable bonds is 43. The first-order valence-corrected chi connectivity index (χ1v) is 32.5. The Kier molecular flexibility index (Phi) is 36.9. The van der Waals surface area contributed by atoms with Crippen LogP contribution in [0.25, 0.3) is 0 Å². The molecule has 0 aromatic rings. The lowest BCUT2D eigenvalue weighted by Crippen LogP contribution is -2.62. The number of carboxylic acid groups (broad SMARTS) is 1. The Labute approximate surface area is 530 Å². The molecule has 2 aliphatic heterocycles. The van der Waals surface area contributed by atoms with Crippen molar-refractivity contribution in [2.75, 3.05) is 32.8 Å². The highest BCUT2D eigenvalue weighted by molar-refractivity contribution is 5.99. The van der Waals surface area contributed by atoms with E-state index < -0.39 is 156 Å². The lowest BCUT2D eigenvalue weighted by atomic mass is 9.98. The minimum atomic E-state index is -1.67. The third-order valence-corrected chi connectivity index (χ3v) is 16.4.